The molecule has 11 nitrogen and oxygen atoms in total. The van der Waals surface area contributed by atoms with E-state index in [0.29, 0.717) is 61.9 Å². The van der Waals surface area contributed by atoms with Crippen LogP contribution in [0.25, 0.3) is 10.9 Å². The second-order valence-corrected chi connectivity index (χ2v) is 20.5. The van der Waals surface area contributed by atoms with E-state index in [9.17, 15) is 32.0 Å². The van der Waals surface area contributed by atoms with E-state index >= 15 is 0 Å². The number of aryl methyl sites for hydroxylation is 2. The highest BCUT2D eigenvalue weighted by Gasteiger charge is 2.63. The summed E-state index contributed by atoms with van der Waals surface area (Å²) in [6.45, 7) is 9.59. The van der Waals surface area contributed by atoms with Crippen molar-refractivity contribution in [1.29, 1.82) is 0 Å². The van der Waals surface area contributed by atoms with Gasteiger partial charge in [0.2, 0.25) is 21.8 Å². The van der Waals surface area contributed by atoms with Crippen molar-refractivity contribution in [3.05, 3.63) is 47.4 Å². The van der Waals surface area contributed by atoms with Gasteiger partial charge in [0, 0.05) is 35.8 Å². The first-order chi connectivity index (χ1) is 25.8. The van der Waals surface area contributed by atoms with E-state index in [2.05, 4.69) is 9.71 Å². The third kappa shape index (κ3) is 7.91. The first-order valence-electron chi connectivity index (χ1n) is 19.8. The van der Waals surface area contributed by atoms with Gasteiger partial charge >= 0.3 is 5.97 Å². The van der Waals surface area contributed by atoms with Crippen LogP contribution in [0.2, 0.25) is 0 Å². The van der Waals surface area contributed by atoms with Crippen LogP contribution in [0, 0.1) is 35.4 Å². The number of allylic oxidation sites excluding steroid dienone is 2. The Hall–Kier alpha value is -3.87. The summed E-state index contributed by atoms with van der Waals surface area (Å²) in [6.07, 6.45) is 9.52. The van der Waals surface area contributed by atoms with Crippen molar-refractivity contribution < 1.29 is 41.5 Å². The molecule has 1 saturated heterocycles. The summed E-state index contributed by atoms with van der Waals surface area (Å²) >= 11 is 0. The van der Waals surface area contributed by atoms with Gasteiger partial charge in [0.05, 0.1) is 47.0 Å². The second kappa shape index (κ2) is 14.3. The molecule has 13 heteroatoms. The molecule has 298 valence electrons. The molecule has 2 aromatic rings. The summed E-state index contributed by atoms with van der Waals surface area (Å²) in [5.74, 6) is -2.70. The highest BCUT2D eigenvalue weighted by molar-refractivity contribution is 7.91. The summed E-state index contributed by atoms with van der Waals surface area (Å²) in [7, 11) is -3.95. The van der Waals surface area contributed by atoms with Gasteiger partial charge in [0.25, 0.3) is 0 Å². The molecule has 2 aliphatic carbocycles. The van der Waals surface area contributed by atoms with Crippen LogP contribution in [0.4, 0.5) is 4.39 Å². The van der Waals surface area contributed by atoms with E-state index in [1.807, 2.05) is 32.9 Å². The average Bonchev–Trinajstić information content (AvgIpc) is 4.00. The molecule has 0 radical (unpaired) electrons. The molecule has 3 aliphatic heterocycles. The van der Waals surface area contributed by atoms with Gasteiger partial charge < -0.3 is 14.4 Å². The highest BCUT2D eigenvalue weighted by Crippen LogP contribution is 2.58. The number of nitrogens with one attached hydrogen (secondary N) is 1. The standard InChI is InChI=1S/C42H54FN3O8S/c1-26-36-31(30-14-13-29(43)20-32(30)44-26)15-16-41(54-36)22-33-34(47)23-42(38(50)45-55(51,52)40(5)17-18-40)21-28(42)12-10-8-6-7-9-11-27(37(49)46(33)24-41)19-35(48)53-25-39(2,3)4/h10,12-14,20,27-28,33H,6-9,11,15-19,21-25H2,1-5H3,(H,45,50)/b12-10-/t27-,28-,33+,41-,42-/m1/s1. The van der Waals surface area contributed by atoms with E-state index in [-0.39, 0.29) is 61.3 Å². The number of benzene rings is 1. The number of rotatable bonds is 6. The first kappa shape index (κ1) is 39.4. The molecular weight excluding hydrogens is 726 g/mol. The molecule has 5 aliphatic rings. The van der Waals surface area contributed by atoms with Gasteiger partial charge in [0.1, 0.15) is 17.2 Å². The molecule has 1 aromatic heterocycles. The monoisotopic (exact) mass is 779 g/mol. The molecule has 2 amide bonds. The summed E-state index contributed by atoms with van der Waals surface area (Å²) in [5, 5.41) is 0.779. The number of esters is 1. The molecule has 4 heterocycles. The van der Waals surface area contributed by atoms with Gasteiger partial charge in [-0.3, -0.25) is 23.9 Å². The van der Waals surface area contributed by atoms with Crippen LogP contribution in [-0.4, -0.2) is 71.4 Å². The average molecular weight is 780 g/mol. The van der Waals surface area contributed by atoms with Crippen molar-refractivity contribution in [1.82, 2.24) is 14.6 Å². The van der Waals surface area contributed by atoms with E-state index in [1.165, 1.54) is 12.1 Å². The van der Waals surface area contributed by atoms with E-state index in [1.54, 1.807) is 24.8 Å². The summed E-state index contributed by atoms with van der Waals surface area (Å²) in [5.41, 5.74) is -0.495. The molecule has 0 bridgehead atoms. The van der Waals surface area contributed by atoms with Gasteiger partial charge in [0.15, 0.2) is 5.78 Å². The number of Topliss-reactive ketones (excluding diaryl/α,β-unsaturated/α-hetero) is 1. The minimum absolute atomic E-state index is 0.0887. The fourth-order valence-corrected chi connectivity index (χ4v) is 10.0. The van der Waals surface area contributed by atoms with Crippen molar-refractivity contribution in [2.24, 2.45) is 22.7 Å². The summed E-state index contributed by atoms with van der Waals surface area (Å²) in [6, 6.07) is 3.51. The molecule has 1 spiro atoms. The normalized spacial score (nSPS) is 29.9. The maximum Gasteiger partial charge on any atom is 0.306 e. The molecule has 0 unspecified atom stereocenters. The van der Waals surface area contributed by atoms with Gasteiger partial charge in [-0.25, -0.2) is 17.8 Å². The van der Waals surface area contributed by atoms with Crippen molar-refractivity contribution in [3.63, 3.8) is 0 Å². The van der Waals surface area contributed by atoms with Crippen LogP contribution in [0.3, 0.4) is 0 Å². The lowest BCUT2D eigenvalue weighted by atomic mass is 9.85. The minimum Gasteiger partial charge on any atom is -0.483 e. The van der Waals surface area contributed by atoms with Crippen molar-refractivity contribution in [2.45, 2.75) is 134 Å². The molecule has 55 heavy (non-hydrogen) atoms. The summed E-state index contributed by atoms with van der Waals surface area (Å²) < 4.78 is 54.4. The number of amides is 2. The Balaban J connectivity index is 1.22. The first-order valence-corrected chi connectivity index (χ1v) is 21.3. The number of fused-ring (bicyclic) bond motifs is 5. The maximum absolute atomic E-state index is 14.8. The predicted octanol–water partition coefficient (Wildman–Crippen LogP) is 6.43. The molecule has 2 saturated carbocycles. The van der Waals surface area contributed by atoms with E-state index < -0.39 is 49.6 Å². The molecule has 5 atom stereocenters. The highest BCUT2D eigenvalue weighted by atomic mass is 32.2. The Morgan fingerprint density at radius 3 is 2.60 bits per heavy atom. The van der Waals surface area contributed by atoms with Crippen LogP contribution in [0.15, 0.2) is 30.4 Å². The quantitative estimate of drug-likeness (QED) is 0.259. The Kier molecular flexibility index (Phi) is 10.2. The van der Waals surface area contributed by atoms with Crippen LogP contribution in [-0.2, 0) is 40.4 Å². The number of sulfonamides is 1. The van der Waals surface area contributed by atoms with Crippen molar-refractivity contribution in [3.8, 4) is 5.75 Å². The summed E-state index contributed by atoms with van der Waals surface area (Å²) in [4.78, 5) is 62.9. The molecule has 7 rings (SSSR count). The lowest BCUT2D eigenvalue weighted by Crippen LogP contribution is -2.48. The lowest BCUT2D eigenvalue weighted by Gasteiger charge is -2.36. The van der Waals surface area contributed by atoms with Crippen LogP contribution in [0.5, 0.6) is 5.75 Å². The van der Waals surface area contributed by atoms with Crippen molar-refractivity contribution >= 4 is 44.5 Å². The predicted molar refractivity (Wildman–Crippen MR) is 204 cm³/mol. The molecular formula is C42H54FN3O8S. The fourth-order valence-electron chi connectivity index (χ4n) is 8.70. The number of hydrogen-bond acceptors (Lipinski definition) is 9. The topological polar surface area (TPSA) is 149 Å². The largest absolute Gasteiger partial charge is 0.483 e. The molecule has 3 fully saturated rings. The molecule has 1 N–H and O–H groups in total. The zero-order valence-corrected chi connectivity index (χ0v) is 33.5. The number of carbonyl (C=O) groups excluding carboxylic acids is 4. The maximum atomic E-state index is 14.8. The van der Waals surface area contributed by atoms with Crippen LogP contribution >= 0.6 is 0 Å². The van der Waals surface area contributed by atoms with Gasteiger partial charge in [-0.1, -0.05) is 45.8 Å². The Bertz CT molecular complexity index is 2060. The van der Waals surface area contributed by atoms with E-state index in [0.717, 1.165) is 30.2 Å². The third-order valence-electron chi connectivity index (χ3n) is 12.5. The third-order valence-corrected chi connectivity index (χ3v) is 14.7. The zero-order chi connectivity index (χ0) is 39.6. The Morgan fingerprint density at radius 1 is 1.11 bits per heavy atom. The molecule has 1 aromatic carbocycles. The fraction of sp³-hybridized carbons (Fsp3) is 0.643. The second-order valence-electron chi connectivity index (χ2n) is 18.3. The number of nitrogens with zero attached hydrogens (tertiary/aromatic N) is 2. The number of aromatic nitrogens is 1. The van der Waals surface area contributed by atoms with Gasteiger partial charge in [-0.05, 0) is 88.7 Å². The van der Waals surface area contributed by atoms with Crippen LogP contribution < -0.4 is 9.46 Å². The Labute approximate surface area is 323 Å². The number of pyridine rings is 1. The SMILES string of the molecule is Cc1nc2cc(F)ccc2c2c1O[C@]1(CC2)C[C@H]2C(=O)C[C@]3(C(=O)NS(=O)(=O)C4(C)CC4)C[C@H]3/C=C\CCCCC[C@H](CC(=O)OCC(C)(C)C)C(=O)N2C1. The van der Waals surface area contributed by atoms with Crippen molar-refractivity contribution in [2.75, 3.05) is 13.2 Å². The minimum atomic E-state index is -3.95. The van der Waals surface area contributed by atoms with Gasteiger partial charge in [-0.2, -0.15) is 0 Å². The smallest absolute Gasteiger partial charge is 0.306 e. The number of ether oxygens (including phenoxy) is 2. The number of hydrogen-bond donors (Lipinski definition) is 1. The lowest BCUT2D eigenvalue weighted by molar-refractivity contribution is -0.152. The number of halogens is 1. The zero-order valence-electron chi connectivity index (χ0n) is 32.7. The van der Waals surface area contributed by atoms with Crippen LogP contribution in [0.1, 0.15) is 116 Å². The Morgan fingerprint density at radius 2 is 1.87 bits per heavy atom. The van der Waals surface area contributed by atoms with E-state index in [4.69, 9.17) is 9.47 Å². The van der Waals surface area contributed by atoms with Gasteiger partial charge in [-0.15, -0.1) is 0 Å². The number of carbonyl (C=O) groups is 4. The number of ketones is 1.